The molecule has 0 aliphatic rings. The molecule has 0 aromatic heterocycles. The average Bonchev–Trinajstić information content (AvgIpc) is 2.62. The average molecular weight is 362 g/mol. The van der Waals surface area contributed by atoms with Crippen molar-refractivity contribution >= 4 is 5.91 Å². The normalized spacial score (nSPS) is 12.1. The quantitative estimate of drug-likeness (QED) is 0.721. The molecule has 0 N–H and O–H groups in total. The summed E-state index contributed by atoms with van der Waals surface area (Å²) in [4.78, 5) is 15.9. The molecule has 26 heavy (non-hydrogen) atoms. The van der Waals surface area contributed by atoms with Crippen LogP contribution in [0.1, 0.15) is 18.5 Å². The number of hydrogen-bond acceptors (Lipinski definition) is 3. The van der Waals surface area contributed by atoms with Crippen LogP contribution in [0.25, 0.3) is 0 Å². The minimum absolute atomic E-state index is 0.0600. The van der Waals surface area contributed by atoms with E-state index in [2.05, 4.69) is 0 Å². The molecule has 0 heterocycles. The summed E-state index contributed by atoms with van der Waals surface area (Å²) in [5.74, 6) is -0.562. The predicted octanol–water partition coefficient (Wildman–Crippen LogP) is 3.50. The second-order valence-electron chi connectivity index (χ2n) is 6.25. The van der Waals surface area contributed by atoms with Gasteiger partial charge in [-0.3, -0.25) is 9.69 Å². The second-order valence-corrected chi connectivity index (χ2v) is 6.25. The van der Waals surface area contributed by atoms with Gasteiger partial charge >= 0.3 is 0 Å². The van der Waals surface area contributed by atoms with Crippen LogP contribution in [0.15, 0.2) is 48.5 Å². The molecule has 1 amide bonds. The summed E-state index contributed by atoms with van der Waals surface area (Å²) in [6, 6.07) is 12.2. The van der Waals surface area contributed by atoms with Crippen LogP contribution < -0.4 is 4.74 Å². The van der Waals surface area contributed by atoms with E-state index in [1.807, 2.05) is 11.8 Å². The van der Waals surface area contributed by atoms with Gasteiger partial charge in [0.05, 0.1) is 12.6 Å². The van der Waals surface area contributed by atoms with Crippen LogP contribution in [0, 0.1) is 11.6 Å². The van der Waals surface area contributed by atoms with Crippen molar-refractivity contribution < 1.29 is 18.3 Å². The number of carbonyl (C=O) groups excluding carboxylic acids is 1. The highest BCUT2D eigenvalue weighted by molar-refractivity contribution is 5.78. The molecule has 2 aromatic rings. The molecule has 6 heteroatoms. The first kappa shape index (κ1) is 19.8. The Labute approximate surface area is 153 Å². The fourth-order valence-electron chi connectivity index (χ4n) is 2.48. The van der Waals surface area contributed by atoms with Gasteiger partial charge < -0.3 is 9.64 Å². The largest absolute Gasteiger partial charge is 0.489 e. The molecule has 0 spiro atoms. The van der Waals surface area contributed by atoms with Crippen LogP contribution in [-0.4, -0.2) is 49.5 Å². The number of para-hydroxylation sites is 1. The maximum absolute atomic E-state index is 13.5. The number of halogens is 2. The summed E-state index contributed by atoms with van der Waals surface area (Å²) in [5.41, 5.74) is 0.868. The fourth-order valence-corrected chi connectivity index (χ4v) is 2.48. The predicted molar refractivity (Wildman–Crippen MR) is 97.0 cm³/mol. The number of hydrogen-bond donors (Lipinski definition) is 0. The lowest BCUT2D eigenvalue weighted by atomic mass is 10.1. The van der Waals surface area contributed by atoms with E-state index in [9.17, 15) is 13.6 Å². The third-order valence-electron chi connectivity index (χ3n) is 4.30. The van der Waals surface area contributed by atoms with Crippen LogP contribution in [0.2, 0.25) is 0 Å². The zero-order chi connectivity index (χ0) is 19.1. The molecule has 1 atom stereocenters. The Morgan fingerprint density at radius 3 is 2.38 bits per heavy atom. The van der Waals surface area contributed by atoms with Gasteiger partial charge in [-0.1, -0.05) is 24.3 Å². The van der Waals surface area contributed by atoms with Crippen molar-refractivity contribution in [3.63, 3.8) is 0 Å². The highest BCUT2D eigenvalue weighted by Gasteiger charge is 2.18. The smallest absolute Gasteiger partial charge is 0.236 e. The number of amides is 1. The Kier molecular flexibility index (Phi) is 7.09. The molecule has 2 aromatic carbocycles. The first-order valence-electron chi connectivity index (χ1n) is 8.45. The van der Waals surface area contributed by atoms with Gasteiger partial charge in [0.1, 0.15) is 12.4 Å². The van der Waals surface area contributed by atoms with Gasteiger partial charge in [0.15, 0.2) is 11.6 Å². The van der Waals surface area contributed by atoms with Gasteiger partial charge in [-0.2, -0.15) is 0 Å². The maximum atomic E-state index is 13.5. The SMILES string of the molecule is CC(c1ccc(F)cc1)N(C)C(=O)CN(C)CCOc1ccccc1F. The lowest BCUT2D eigenvalue weighted by molar-refractivity contribution is -0.132. The summed E-state index contributed by atoms with van der Waals surface area (Å²) >= 11 is 0. The van der Waals surface area contributed by atoms with E-state index in [1.165, 1.54) is 18.2 Å². The first-order chi connectivity index (χ1) is 12.4. The van der Waals surface area contributed by atoms with Gasteiger partial charge in [-0.25, -0.2) is 8.78 Å². The topological polar surface area (TPSA) is 32.8 Å². The van der Waals surface area contributed by atoms with Gasteiger partial charge in [0.25, 0.3) is 0 Å². The molecular formula is C20H24F2N2O2. The van der Waals surface area contributed by atoms with E-state index in [0.717, 1.165) is 5.56 Å². The lowest BCUT2D eigenvalue weighted by Gasteiger charge is -2.27. The van der Waals surface area contributed by atoms with E-state index >= 15 is 0 Å². The number of ether oxygens (including phenoxy) is 1. The van der Waals surface area contributed by atoms with Crippen molar-refractivity contribution in [2.75, 3.05) is 33.8 Å². The minimum Gasteiger partial charge on any atom is -0.489 e. The lowest BCUT2D eigenvalue weighted by Crippen LogP contribution is -2.39. The van der Waals surface area contributed by atoms with Gasteiger partial charge in [0.2, 0.25) is 5.91 Å². The van der Waals surface area contributed by atoms with Crippen LogP contribution in [0.4, 0.5) is 8.78 Å². The molecule has 4 nitrogen and oxygen atoms in total. The van der Waals surface area contributed by atoms with Crippen molar-refractivity contribution in [1.29, 1.82) is 0 Å². The van der Waals surface area contributed by atoms with Crippen molar-refractivity contribution in [1.82, 2.24) is 9.80 Å². The molecule has 0 aliphatic heterocycles. The molecule has 2 rings (SSSR count). The summed E-state index contributed by atoms with van der Waals surface area (Å²) in [5, 5.41) is 0. The zero-order valence-electron chi connectivity index (χ0n) is 15.3. The number of benzene rings is 2. The summed E-state index contributed by atoms with van der Waals surface area (Å²) < 4.78 is 31.9. The molecule has 0 saturated carbocycles. The molecule has 0 fully saturated rings. The third kappa shape index (κ3) is 5.52. The Bertz CT molecular complexity index is 722. The van der Waals surface area contributed by atoms with Gasteiger partial charge in [-0.15, -0.1) is 0 Å². The Morgan fingerprint density at radius 2 is 1.73 bits per heavy atom. The van der Waals surface area contributed by atoms with Crippen molar-refractivity contribution in [3.8, 4) is 5.75 Å². The highest BCUT2D eigenvalue weighted by atomic mass is 19.1. The number of carbonyl (C=O) groups is 1. The van der Waals surface area contributed by atoms with E-state index in [0.29, 0.717) is 6.54 Å². The standard InChI is InChI=1S/C20H24F2N2O2/c1-15(16-8-10-17(21)11-9-16)24(3)20(25)14-23(2)12-13-26-19-7-5-4-6-18(19)22/h4-11,15H,12-14H2,1-3H3. The fraction of sp³-hybridized carbons (Fsp3) is 0.350. The van der Waals surface area contributed by atoms with E-state index in [-0.39, 0.29) is 36.7 Å². The van der Waals surface area contributed by atoms with E-state index in [4.69, 9.17) is 4.74 Å². The van der Waals surface area contributed by atoms with E-state index in [1.54, 1.807) is 49.3 Å². The first-order valence-corrected chi connectivity index (χ1v) is 8.45. The monoisotopic (exact) mass is 362 g/mol. The van der Waals surface area contributed by atoms with Crippen molar-refractivity contribution in [2.45, 2.75) is 13.0 Å². The Balaban J connectivity index is 1.80. The Morgan fingerprint density at radius 1 is 1.08 bits per heavy atom. The molecule has 0 bridgehead atoms. The van der Waals surface area contributed by atoms with Gasteiger partial charge in [0, 0.05) is 13.6 Å². The van der Waals surface area contributed by atoms with Crippen LogP contribution in [0.5, 0.6) is 5.75 Å². The zero-order valence-corrected chi connectivity index (χ0v) is 15.3. The summed E-state index contributed by atoms with van der Waals surface area (Å²) in [7, 11) is 3.53. The number of likely N-dealkylation sites (N-methyl/N-ethyl adjacent to an activating group) is 2. The maximum Gasteiger partial charge on any atom is 0.236 e. The molecule has 0 radical (unpaired) electrons. The number of rotatable bonds is 8. The highest BCUT2D eigenvalue weighted by Crippen LogP contribution is 2.19. The van der Waals surface area contributed by atoms with Crippen LogP contribution >= 0.6 is 0 Å². The molecule has 0 aliphatic carbocycles. The van der Waals surface area contributed by atoms with Gasteiger partial charge in [-0.05, 0) is 43.8 Å². The van der Waals surface area contributed by atoms with Crippen molar-refractivity contribution in [3.05, 3.63) is 65.7 Å². The molecule has 1 unspecified atom stereocenters. The summed E-state index contributed by atoms with van der Waals surface area (Å²) in [6.45, 7) is 2.87. The summed E-state index contributed by atoms with van der Waals surface area (Å²) in [6.07, 6.45) is 0. The Hall–Kier alpha value is -2.47. The van der Waals surface area contributed by atoms with E-state index < -0.39 is 5.82 Å². The molecule has 0 saturated heterocycles. The molecule has 140 valence electrons. The third-order valence-corrected chi connectivity index (χ3v) is 4.30. The van der Waals surface area contributed by atoms with Crippen molar-refractivity contribution in [2.24, 2.45) is 0 Å². The number of nitrogens with zero attached hydrogens (tertiary/aromatic N) is 2. The minimum atomic E-state index is -0.404. The second kappa shape index (κ2) is 9.29. The van der Waals surface area contributed by atoms with Crippen LogP contribution in [0.3, 0.4) is 0 Å². The van der Waals surface area contributed by atoms with Crippen LogP contribution in [-0.2, 0) is 4.79 Å². The molecular weight excluding hydrogens is 338 g/mol.